The summed E-state index contributed by atoms with van der Waals surface area (Å²) >= 11 is 0. The average Bonchev–Trinajstić information content (AvgIpc) is 2.78. The Bertz CT molecular complexity index is 411. The average molecular weight is 235 g/mol. The van der Waals surface area contributed by atoms with Gasteiger partial charge in [0.25, 0.3) is 0 Å². The second kappa shape index (κ2) is 5.08. The fourth-order valence-corrected chi connectivity index (χ4v) is 2.22. The summed E-state index contributed by atoms with van der Waals surface area (Å²) in [6.07, 6.45) is 4.84. The van der Waals surface area contributed by atoms with E-state index in [1.807, 2.05) is 0 Å². The molecule has 4 heteroatoms. The van der Waals surface area contributed by atoms with Crippen molar-refractivity contribution < 1.29 is 14.6 Å². The van der Waals surface area contributed by atoms with E-state index >= 15 is 0 Å². The van der Waals surface area contributed by atoms with Crippen molar-refractivity contribution in [1.29, 1.82) is 0 Å². The Balaban J connectivity index is 2.07. The molecule has 1 aliphatic carbocycles. The lowest BCUT2D eigenvalue weighted by atomic mass is 10.1. The first-order valence-electron chi connectivity index (χ1n) is 5.92. The number of benzene rings is 1. The van der Waals surface area contributed by atoms with Gasteiger partial charge in [0.15, 0.2) is 0 Å². The van der Waals surface area contributed by atoms with Crippen LogP contribution in [0.4, 0.5) is 5.69 Å². The van der Waals surface area contributed by atoms with Crippen molar-refractivity contribution in [2.45, 2.75) is 25.7 Å². The molecule has 1 aromatic rings. The first-order chi connectivity index (χ1) is 8.16. The standard InChI is InChI=1S/C13H17NO3/c14-10-5-6-11(13(15)16)12(7-10)17-8-9-3-1-2-4-9/h5-7,9H,1-4,8,14H2,(H,15,16). The van der Waals surface area contributed by atoms with E-state index in [9.17, 15) is 4.79 Å². The molecule has 0 saturated heterocycles. The number of hydrogen-bond donors (Lipinski definition) is 2. The fourth-order valence-electron chi connectivity index (χ4n) is 2.22. The molecule has 0 unspecified atom stereocenters. The molecule has 2 rings (SSSR count). The van der Waals surface area contributed by atoms with Crippen LogP contribution >= 0.6 is 0 Å². The van der Waals surface area contributed by atoms with Gasteiger partial charge in [0.1, 0.15) is 11.3 Å². The van der Waals surface area contributed by atoms with Gasteiger partial charge in [0.05, 0.1) is 6.61 Å². The van der Waals surface area contributed by atoms with Crippen molar-refractivity contribution in [1.82, 2.24) is 0 Å². The second-order valence-corrected chi connectivity index (χ2v) is 4.52. The quantitative estimate of drug-likeness (QED) is 0.786. The predicted molar refractivity (Wildman–Crippen MR) is 65.3 cm³/mol. The summed E-state index contributed by atoms with van der Waals surface area (Å²) < 4.78 is 5.60. The number of ether oxygens (including phenoxy) is 1. The second-order valence-electron chi connectivity index (χ2n) is 4.52. The van der Waals surface area contributed by atoms with Crippen LogP contribution in [0.2, 0.25) is 0 Å². The molecule has 0 heterocycles. The summed E-state index contributed by atoms with van der Waals surface area (Å²) in [4.78, 5) is 11.0. The van der Waals surface area contributed by atoms with Gasteiger partial charge in [-0.2, -0.15) is 0 Å². The molecular weight excluding hydrogens is 218 g/mol. The maximum absolute atomic E-state index is 11.0. The molecule has 0 atom stereocenters. The van der Waals surface area contributed by atoms with E-state index in [0.717, 1.165) is 0 Å². The van der Waals surface area contributed by atoms with Gasteiger partial charge < -0.3 is 15.6 Å². The van der Waals surface area contributed by atoms with Crippen molar-refractivity contribution in [2.75, 3.05) is 12.3 Å². The third kappa shape index (κ3) is 2.90. The van der Waals surface area contributed by atoms with Crippen molar-refractivity contribution in [3.63, 3.8) is 0 Å². The Hall–Kier alpha value is -1.71. The Morgan fingerprint density at radius 2 is 2.12 bits per heavy atom. The molecule has 0 amide bonds. The number of anilines is 1. The van der Waals surface area contributed by atoms with Crippen LogP contribution in [0, 0.1) is 5.92 Å². The number of nitrogen functional groups attached to an aromatic ring is 1. The molecule has 0 spiro atoms. The number of aromatic carboxylic acids is 1. The molecule has 0 aromatic heterocycles. The van der Waals surface area contributed by atoms with Crippen LogP contribution in [0.25, 0.3) is 0 Å². The molecule has 3 N–H and O–H groups in total. The largest absolute Gasteiger partial charge is 0.492 e. The summed E-state index contributed by atoms with van der Waals surface area (Å²) in [5.41, 5.74) is 6.34. The van der Waals surface area contributed by atoms with Gasteiger partial charge in [-0.25, -0.2) is 4.79 Å². The molecule has 0 aliphatic heterocycles. The molecule has 17 heavy (non-hydrogen) atoms. The Morgan fingerprint density at radius 3 is 2.76 bits per heavy atom. The van der Waals surface area contributed by atoms with E-state index in [2.05, 4.69) is 0 Å². The zero-order valence-corrected chi connectivity index (χ0v) is 9.69. The number of rotatable bonds is 4. The molecular formula is C13H17NO3. The molecule has 4 nitrogen and oxygen atoms in total. The summed E-state index contributed by atoms with van der Waals surface area (Å²) in [6.45, 7) is 0.587. The van der Waals surface area contributed by atoms with Gasteiger partial charge >= 0.3 is 5.97 Å². The van der Waals surface area contributed by atoms with Crippen LogP contribution in [0.15, 0.2) is 18.2 Å². The van der Waals surface area contributed by atoms with E-state index < -0.39 is 5.97 Å². The van der Waals surface area contributed by atoms with Gasteiger partial charge in [-0.15, -0.1) is 0 Å². The minimum absolute atomic E-state index is 0.178. The monoisotopic (exact) mass is 235 g/mol. The number of nitrogens with two attached hydrogens (primary N) is 1. The number of carboxylic acid groups (broad SMARTS) is 1. The molecule has 1 aromatic carbocycles. The van der Waals surface area contributed by atoms with Crippen molar-refractivity contribution >= 4 is 11.7 Å². The summed E-state index contributed by atoms with van der Waals surface area (Å²) in [5.74, 6) is -0.0473. The van der Waals surface area contributed by atoms with Gasteiger partial charge in [-0.05, 0) is 30.9 Å². The predicted octanol–water partition coefficient (Wildman–Crippen LogP) is 2.54. The van der Waals surface area contributed by atoms with Crippen LogP contribution in [0.1, 0.15) is 36.0 Å². The third-order valence-corrected chi connectivity index (χ3v) is 3.19. The Kier molecular flexibility index (Phi) is 3.52. The van der Waals surface area contributed by atoms with E-state index in [0.29, 0.717) is 24.0 Å². The van der Waals surface area contributed by atoms with Crippen molar-refractivity contribution in [3.8, 4) is 5.75 Å². The highest BCUT2D eigenvalue weighted by Gasteiger charge is 2.17. The molecule has 0 bridgehead atoms. The first-order valence-corrected chi connectivity index (χ1v) is 5.92. The molecule has 1 saturated carbocycles. The van der Waals surface area contributed by atoms with E-state index in [1.54, 1.807) is 12.1 Å². The van der Waals surface area contributed by atoms with Crippen LogP contribution < -0.4 is 10.5 Å². The molecule has 1 aliphatic rings. The minimum Gasteiger partial charge on any atom is -0.492 e. The minimum atomic E-state index is -0.980. The van der Waals surface area contributed by atoms with Crippen LogP contribution in [-0.4, -0.2) is 17.7 Å². The lowest BCUT2D eigenvalue weighted by molar-refractivity contribution is 0.0691. The highest BCUT2D eigenvalue weighted by Crippen LogP contribution is 2.27. The zero-order chi connectivity index (χ0) is 12.3. The zero-order valence-electron chi connectivity index (χ0n) is 9.69. The van der Waals surface area contributed by atoms with Crippen molar-refractivity contribution in [2.24, 2.45) is 5.92 Å². The van der Waals surface area contributed by atoms with Gasteiger partial charge in [0, 0.05) is 11.8 Å². The third-order valence-electron chi connectivity index (χ3n) is 3.19. The number of hydrogen-bond acceptors (Lipinski definition) is 3. The van der Waals surface area contributed by atoms with Crippen molar-refractivity contribution in [3.05, 3.63) is 23.8 Å². The number of carboxylic acids is 1. The normalized spacial score (nSPS) is 16.0. The maximum Gasteiger partial charge on any atom is 0.339 e. The lowest BCUT2D eigenvalue weighted by Crippen LogP contribution is -2.11. The smallest absolute Gasteiger partial charge is 0.339 e. The first kappa shape index (κ1) is 11.8. The van der Waals surface area contributed by atoms with Crippen LogP contribution in [0.3, 0.4) is 0 Å². The Morgan fingerprint density at radius 1 is 1.41 bits per heavy atom. The molecule has 1 fully saturated rings. The molecule has 0 radical (unpaired) electrons. The highest BCUT2D eigenvalue weighted by atomic mass is 16.5. The van der Waals surface area contributed by atoms with E-state index in [4.69, 9.17) is 15.6 Å². The van der Waals surface area contributed by atoms with E-state index in [-0.39, 0.29) is 5.56 Å². The van der Waals surface area contributed by atoms with Crippen LogP contribution in [0.5, 0.6) is 5.75 Å². The molecule has 92 valence electrons. The topological polar surface area (TPSA) is 72.6 Å². The van der Waals surface area contributed by atoms with Gasteiger partial charge in [-0.1, -0.05) is 12.8 Å². The lowest BCUT2D eigenvalue weighted by Gasteiger charge is -2.13. The number of carbonyl (C=O) groups is 1. The summed E-state index contributed by atoms with van der Waals surface area (Å²) in [7, 11) is 0. The van der Waals surface area contributed by atoms with Gasteiger partial charge in [0.2, 0.25) is 0 Å². The highest BCUT2D eigenvalue weighted by molar-refractivity contribution is 5.91. The summed E-state index contributed by atoms with van der Waals surface area (Å²) in [5, 5.41) is 9.03. The maximum atomic E-state index is 11.0. The van der Waals surface area contributed by atoms with Gasteiger partial charge in [-0.3, -0.25) is 0 Å². The van der Waals surface area contributed by atoms with E-state index in [1.165, 1.54) is 31.7 Å². The Labute approximate surface area is 100 Å². The SMILES string of the molecule is Nc1ccc(C(=O)O)c(OCC2CCCC2)c1. The fraction of sp³-hybridized carbons (Fsp3) is 0.462. The summed E-state index contributed by atoms with van der Waals surface area (Å²) in [6, 6.07) is 4.64. The van der Waals surface area contributed by atoms with Crippen LogP contribution in [-0.2, 0) is 0 Å².